The molecule has 4 rings (SSSR count). The Balaban J connectivity index is 1.81. The molecule has 0 aliphatic heterocycles. The van der Waals surface area contributed by atoms with E-state index in [1.165, 1.54) is 13.2 Å². The molecule has 0 amide bonds. The average molecular weight is 389 g/mol. The van der Waals surface area contributed by atoms with Gasteiger partial charge in [-0.3, -0.25) is 4.98 Å². The van der Waals surface area contributed by atoms with Crippen molar-refractivity contribution in [3.63, 3.8) is 0 Å². The van der Waals surface area contributed by atoms with Gasteiger partial charge in [-0.2, -0.15) is 0 Å². The summed E-state index contributed by atoms with van der Waals surface area (Å²) in [5.41, 5.74) is 3.18. The first-order valence-corrected chi connectivity index (χ1v) is 9.20. The lowest BCUT2D eigenvalue weighted by atomic mass is 10.0. The van der Waals surface area contributed by atoms with Crippen LogP contribution in [0.15, 0.2) is 79.4 Å². The van der Waals surface area contributed by atoms with Crippen LogP contribution in [-0.4, -0.2) is 26.8 Å². The Kier molecular flexibility index (Phi) is 5.35. The zero-order valence-corrected chi connectivity index (χ0v) is 15.9. The third kappa shape index (κ3) is 3.88. The van der Waals surface area contributed by atoms with E-state index >= 15 is 0 Å². The number of halogens is 1. The molecule has 0 bridgehead atoms. The lowest BCUT2D eigenvalue weighted by Crippen LogP contribution is -2.10. The fourth-order valence-electron chi connectivity index (χ4n) is 3.29. The minimum atomic E-state index is -0.804. The van der Waals surface area contributed by atoms with E-state index in [0.29, 0.717) is 28.3 Å². The second kappa shape index (κ2) is 8.24. The van der Waals surface area contributed by atoms with Gasteiger partial charge in [-0.05, 0) is 18.2 Å². The van der Waals surface area contributed by atoms with E-state index in [0.717, 1.165) is 5.56 Å². The molecule has 0 fully saturated rings. The van der Waals surface area contributed by atoms with Crippen LogP contribution in [0.3, 0.4) is 0 Å². The van der Waals surface area contributed by atoms with Crippen molar-refractivity contribution in [2.24, 2.45) is 0 Å². The summed E-state index contributed by atoms with van der Waals surface area (Å²) < 4.78 is 21.8. The number of nitrogens with zero attached hydrogens (tertiary/aromatic N) is 3. The number of aliphatic hydroxyl groups is 1. The maximum Gasteiger partial charge on any atom is 0.136 e. The molecule has 29 heavy (non-hydrogen) atoms. The Morgan fingerprint density at radius 3 is 2.62 bits per heavy atom. The smallest absolute Gasteiger partial charge is 0.136 e. The van der Waals surface area contributed by atoms with Crippen LogP contribution in [0.2, 0.25) is 0 Å². The highest BCUT2D eigenvalue weighted by molar-refractivity contribution is 5.79. The Morgan fingerprint density at radius 2 is 1.93 bits per heavy atom. The van der Waals surface area contributed by atoms with Crippen LogP contribution in [0.5, 0.6) is 5.75 Å². The monoisotopic (exact) mass is 389 g/mol. The highest BCUT2D eigenvalue weighted by Gasteiger charge is 2.20. The molecule has 2 aromatic heterocycles. The number of aromatic nitrogens is 3. The lowest BCUT2D eigenvalue weighted by Gasteiger charge is -2.16. The van der Waals surface area contributed by atoms with Gasteiger partial charge in [-0.15, -0.1) is 0 Å². The predicted octanol–water partition coefficient (Wildman–Crippen LogP) is 4.49. The number of methoxy groups -OCH3 is 1. The molecular formula is C23H20FN3O2. The van der Waals surface area contributed by atoms with Gasteiger partial charge in [-0.1, -0.05) is 36.4 Å². The molecule has 0 radical (unpaired) electrons. The van der Waals surface area contributed by atoms with E-state index in [9.17, 15) is 9.50 Å². The van der Waals surface area contributed by atoms with Gasteiger partial charge >= 0.3 is 0 Å². The van der Waals surface area contributed by atoms with E-state index < -0.39 is 11.9 Å². The summed E-state index contributed by atoms with van der Waals surface area (Å²) >= 11 is 0. The highest BCUT2D eigenvalue weighted by Crippen LogP contribution is 2.35. The molecule has 2 heterocycles. The third-order valence-electron chi connectivity index (χ3n) is 4.76. The van der Waals surface area contributed by atoms with Crippen LogP contribution in [-0.2, 0) is 6.54 Å². The minimum Gasteiger partial charge on any atom is -0.497 e. The molecule has 1 N–H and O–H groups in total. The summed E-state index contributed by atoms with van der Waals surface area (Å²) in [4.78, 5) is 8.59. The van der Waals surface area contributed by atoms with Crippen molar-refractivity contribution in [1.29, 1.82) is 0 Å². The highest BCUT2D eigenvalue weighted by atomic mass is 19.1. The number of benzene rings is 2. The van der Waals surface area contributed by atoms with Gasteiger partial charge < -0.3 is 14.4 Å². The molecule has 0 saturated carbocycles. The van der Waals surface area contributed by atoms with E-state index in [4.69, 9.17) is 4.74 Å². The van der Waals surface area contributed by atoms with Crippen LogP contribution in [0.1, 0.15) is 11.7 Å². The molecule has 1 atom stereocenters. The van der Waals surface area contributed by atoms with E-state index in [-0.39, 0.29) is 6.54 Å². The standard InChI is InChI=1S/C23H20FN3O2/c1-29-18-9-10-19(20(24)12-18)23-22(16-6-3-2-4-7-16)26-15-27(23)14-21(28)17-8-5-11-25-13-17/h2-13,15,21,28H,14H2,1H3. The van der Waals surface area contributed by atoms with Gasteiger partial charge in [0.15, 0.2) is 0 Å². The number of ether oxygens (including phenoxy) is 1. The second-order valence-corrected chi connectivity index (χ2v) is 6.61. The van der Waals surface area contributed by atoms with Crippen LogP contribution < -0.4 is 4.74 Å². The zero-order chi connectivity index (χ0) is 20.2. The molecule has 0 spiro atoms. The Bertz CT molecular complexity index is 1100. The van der Waals surface area contributed by atoms with Crippen molar-refractivity contribution < 1.29 is 14.2 Å². The first kappa shape index (κ1) is 18.8. The van der Waals surface area contributed by atoms with Crippen molar-refractivity contribution >= 4 is 0 Å². The minimum absolute atomic E-state index is 0.215. The largest absolute Gasteiger partial charge is 0.497 e. The second-order valence-electron chi connectivity index (χ2n) is 6.61. The zero-order valence-electron chi connectivity index (χ0n) is 15.9. The van der Waals surface area contributed by atoms with Crippen molar-refractivity contribution in [1.82, 2.24) is 14.5 Å². The van der Waals surface area contributed by atoms with E-state index in [2.05, 4.69) is 9.97 Å². The SMILES string of the molecule is COc1ccc(-c2c(-c3ccccc3)ncn2CC(O)c2cccnc2)c(F)c1. The van der Waals surface area contributed by atoms with E-state index in [1.54, 1.807) is 47.6 Å². The molecular weight excluding hydrogens is 369 g/mol. The van der Waals surface area contributed by atoms with Crippen molar-refractivity contribution in [3.05, 3.63) is 90.8 Å². The number of pyridine rings is 1. The number of aliphatic hydroxyl groups excluding tert-OH is 1. The topological polar surface area (TPSA) is 60.2 Å². The van der Waals surface area contributed by atoms with Gasteiger partial charge in [0.25, 0.3) is 0 Å². The Hall–Kier alpha value is -3.51. The predicted molar refractivity (Wildman–Crippen MR) is 109 cm³/mol. The average Bonchev–Trinajstić information content (AvgIpc) is 3.18. The quantitative estimate of drug-likeness (QED) is 0.528. The van der Waals surface area contributed by atoms with Crippen LogP contribution in [0.25, 0.3) is 22.5 Å². The normalized spacial score (nSPS) is 12.0. The van der Waals surface area contributed by atoms with Crippen molar-refractivity contribution in [2.75, 3.05) is 7.11 Å². The summed E-state index contributed by atoms with van der Waals surface area (Å²) in [5, 5.41) is 10.7. The van der Waals surface area contributed by atoms with E-state index in [1.807, 2.05) is 30.3 Å². The molecule has 0 aliphatic rings. The Labute approximate surface area is 168 Å². The molecule has 6 heteroatoms. The third-order valence-corrected chi connectivity index (χ3v) is 4.76. The first-order valence-electron chi connectivity index (χ1n) is 9.20. The van der Waals surface area contributed by atoms with Crippen LogP contribution in [0.4, 0.5) is 4.39 Å². The van der Waals surface area contributed by atoms with Crippen molar-refractivity contribution in [3.8, 4) is 28.3 Å². The van der Waals surface area contributed by atoms with Gasteiger partial charge in [0.1, 0.15) is 11.6 Å². The van der Waals surface area contributed by atoms with Crippen LogP contribution in [0, 0.1) is 5.82 Å². The number of imidazole rings is 1. The Morgan fingerprint density at radius 1 is 1.10 bits per heavy atom. The van der Waals surface area contributed by atoms with Gasteiger partial charge in [0.2, 0.25) is 0 Å². The number of hydrogen-bond donors (Lipinski definition) is 1. The summed E-state index contributed by atoms with van der Waals surface area (Å²) in [6.07, 6.45) is 4.09. The molecule has 0 saturated heterocycles. The fraction of sp³-hybridized carbons (Fsp3) is 0.130. The molecule has 5 nitrogen and oxygen atoms in total. The number of hydrogen-bond acceptors (Lipinski definition) is 4. The maximum atomic E-state index is 14.9. The van der Waals surface area contributed by atoms with Gasteiger partial charge in [0, 0.05) is 35.2 Å². The lowest BCUT2D eigenvalue weighted by molar-refractivity contribution is 0.156. The summed E-state index contributed by atoms with van der Waals surface area (Å²) in [7, 11) is 1.50. The molecule has 1 unspecified atom stereocenters. The van der Waals surface area contributed by atoms with Gasteiger partial charge in [0.05, 0.1) is 37.5 Å². The summed E-state index contributed by atoms with van der Waals surface area (Å²) in [6.45, 7) is 0.215. The molecule has 146 valence electrons. The van der Waals surface area contributed by atoms with Gasteiger partial charge in [-0.25, -0.2) is 9.37 Å². The fourth-order valence-corrected chi connectivity index (χ4v) is 3.29. The van der Waals surface area contributed by atoms with Crippen molar-refractivity contribution in [2.45, 2.75) is 12.6 Å². The number of rotatable bonds is 6. The summed E-state index contributed by atoms with van der Waals surface area (Å²) in [6, 6.07) is 17.9. The molecule has 0 aliphatic carbocycles. The van der Waals surface area contributed by atoms with Crippen LogP contribution >= 0.6 is 0 Å². The first-order chi connectivity index (χ1) is 14.2. The molecule has 4 aromatic rings. The molecule has 2 aromatic carbocycles. The maximum absolute atomic E-state index is 14.9. The summed E-state index contributed by atoms with van der Waals surface area (Å²) in [5.74, 6) is 0.0214.